The predicted molar refractivity (Wildman–Crippen MR) is 56.8 cm³/mol. The lowest BCUT2D eigenvalue weighted by Crippen LogP contribution is -2.41. The van der Waals surface area contributed by atoms with Crippen LogP contribution in [0, 0.1) is 0 Å². The van der Waals surface area contributed by atoms with Crippen LogP contribution in [0.1, 0.15) is 13.3 Å². The Morgan fingerprint density at radius 1 is 1.80 bits per heavy atom. The predicted octanol–water partition coefficient (Wildman–Crippen LogP) is 1.48. The second-order valence-corrected chi connectivity index (χ2v) is 5.60. The molecular formula is C7H16ClN2O4P. The molecule has 1 rings (SSSR count). The summed E-state index contributed by atoms with van der Waals surface area (Å²) in [5.41, 5.74) is 0. The molecule has 0 bridgehead atoms. The highest BCUT2D eigenvalue weighted by Gasteiger charge is 2.37. The molecule has 8 heteroatoms. The highest BCUT2D eigenvalue weighted by molar-refractivity contribution is 7.54. The van der Waals surface area contributed by atoms with E-state index in [4.69, 9.17) is 21.4 Å². The summed E-state index contributed by atoms with van der Waals surface area (Å²) >= 11 is 5.60. The summed E-state index contributed by atoms with van der Waals surface area (Å²) < 4.78 is 19.1. The van der Waals surface area contributed by atoms with Gasteiger partial charge in [-0.2, -0.15) is 0 Å². The van der Waals surface area contributed by atoms with Gasteiger partial charge in [-0.3, -0.25) is 9.82 Å². The molecular weight excluding hydrogens is 243 g/mol. The van der Waals surface area contributed by atoms with Crippen LogP contribution in [-0.4, -0.2) is 41.7 Å². The number of rotatable bonds is 5. The Morgan fingerprint density at radius 2 is 2.53 bits per heavy atom. The molecule has 2 N–H and O–H groups in total. The van der Waals surface area contributed by atoms with Crippen LogP contribution >= 0.6 is 19.3 Å². The Bertz CT molecular complexity index is 243. The zero-order chi connectivity index (χ0) is 11.3. The van der Waals surface area contributed by atoms with Crippen LogP contribution in [0.15, 0.2) is 0 Å². The van der Waals surface area contributed by atoms with Crippen LogP contribution in [-0.2, 0) is 14.0 Å². The largest absolute Gasteiger partial charge is 0.345 e. The molecule has 0 amide bonds. The number of hydrogen-bond acceptors (Lipinski definition) is 4. The van der Waals surface area contributed by atoms with Crippen LogP contribution in [0.25, 0.3) is 0 Å². The van der Waals surface area contributed by atoms with Gasteiger partial charge in [-0.25, -0.2) is 14.6 Å². The van der Waals surface area contributed by atoms with Gasteiger partial charge in [0.1, 0.15) is 0 Å². The van der Waals surface area contributed by atoms with Gasteiger partial charge < -0.3 is 4.52 Å². The minimum Gasteiger partial charge on any atom is -0.306 e. The Labute approximate surface area is 94.0 Å². The Balaban J connectivity index is 2.66. The molecule has 0 radical (unpaired) electrons. The highest BCUT2D eigenvalue weighted by atomic mass is 35.5. The van der Waals surface area contributed by atoms with Crippen molar-refractivity contribution in [1.82, 2.24) is 9.76 Å². The smallest absolute Gasteiger partial charge is 0.306 e. The highest BCUT2D eigenvalue weighted by Crippen LogP contribution is 2.49. The standard InChI is InChI=1S/C7H16ClN2O4P/c1-2-10(5-4-8)15(12)9-7(14-11)3-6-13-15/h7,11H,2-6H2,1H3,(H,9,12). The van der Waals surface area contributed by atoms with Gasteiger partial charge in [-0.05, 0) is 0 Å². The van der Waals surface area contributed by atoms with E-state index >= 15 is 0 Å². The molecule has 1 heterocycles. The first-order valence-corrected chi connectivity index (χ1v) is 6.91. The van der Waals surface area contributed by atoms with E-state index in [-0.39, 0.29) is 6.61 Å². The SMILES string of the molecule is CCN(CCCl)P1(=O)NC(OO)CCO1. The summed E-state index contributed by atoms with van der Waals surface area (Å²) in [5, 5.41) is 11.2. The second kappa shape index (κ2) is 6.15. The average molecular weight is 259 g/mol. The first kappa shape index (κ1) is 13.4. The molecule has 0 aliphatic carbocycles. The third kappa shape index (κ3) is 3.39. The molecule has 0 spiro atoms. The maximum atomic E-state index is 12.3. The minimum atomic E-state index is -3.10. The lowest BCUT2D eigenvalue weighted by molar-refractivity contribution is -0.286. The van der Waals surface area contributed by atoms with E-state index in [1.165, 1.54) is 0 Å². The third-order valence-electron chi connectivity index (χ3n) is 2.16. The van der Waals surface area contributed by atoms with Gasteiger partial charge in [0.25, 0.3) is 0 Å². The first-order valence-electron chi connectivity index (χ1n) is 4.80. The van der Waals surface area contributed by atoms with Crippen molar-refractivity contribution in [3.05, 3.63) is 0 Å². The number of halogens is 1. The maximum absolute atomic E-state index is 12.3. The molecule has 1 aliphatic heterocycles. The lowest BCUT2D eigenvalue weighted by Gasteiger charge is -2.35. The molecule has 2 atom stereocenters. The zero-order valence-corrected chi connectivity index (χ0v) is 10.2. The van der Waals surface area contributed by atoms with Crippen LogP contribution in [0.2, 0.25) is 0 Å². The monoisotopic (exact) mass is 258 g/mol. The lowest BCUT2D eigenvalue weighted by atomic mass is 10.4. The van der Waals surface area contributed by atoms with E-state index in [1.807, 2.05) is 6.92 Å². The topological polar surface area (TPSA) is 71.0 Å². The van der Waals surface area contributed by atoms with Crippen molar-refractivity contribution < 1.29 is 19.2 Å². The molecule has 0 aromatic heterocycles. The van der Waals surface area contributed by atoms with Crippen molar-refractivity contribution in [3.63, 3.8) is 0 Å². The normalized spacial score (nSPS) is 32.1. The summed E-state index contributed by atoms with van der Waals surface area (Å²) in [6, 6.07) is 0. The Hall–Kier alpha value is 0.320. The van der Waals surface area contributed by atoms with Crippen molar-refractivity contribution in [1.29, 1.82) is 0 Å². The van der Waals surface area contributed by atoms with Crippen LogP contribution in [0.4, 0.5) is 0 Å². The molecule has 6 nitrogen and oxygen atoms in total. The fraction of sp³-hybridized carbons (Fsp3) is 1.00. The number of nitrogens with zero attached hydrogens (tertiary/aromatic N) is 1. The van der Waals surface area contributed by atoms with E-state index in [0.717, 1.165) is 0 Å². The molecule has 2 unspecified atom stereocenters. The fourth-order valence-electron chi connectivity index (χ4n) is 1.38. The third-order valence-corrected chi connectivity index (χ3v) is 4.70. The van der Waals surface area contributed by atoms with Crippen molar-refractivity contribution in [2.24, 2.45) is 0 Å². The second-order valence-electron chi connectivity index (χ2n) is 3.10. The summed E-state index contributed by atoms with van der Waals surface area (Å²) in [5.74, 6) is 0.369. The number of alkyl halides is 1. The van der Waals surface area contributed by atoms with Crippen molar-refractivity contribution in [3.8, 4) is 0 Å². The maximum Gasteiger partial charge on any atom is 0.345 e. The summed E-state index contributed by atoms with van der Waals surface area (Å²) in [7, 11) is -3.10. The van der Waals surface area contributed by atoms with Gasteiger partial charge in [0.05, 0.1) is 6.61 Å². The van der Waals surface area contributed by atoms with E-state index in [9.17, 15) is 4.57 Å². The van der Waals surface area contributed by atoms with Crippen LogP contribution in [0.3, 0.4) is 0 Å². The minimum absolute atomic E-state index is 0.286. The summed E-state index contributed by atoms with van der Waals surface area (Å²) in [6.45, 7) is 3.16. The molecule has 1 saturated heterocycles. The van der Waals surface area contributed by atoms with Gasteiger partial charge >= 0.3 is 7.67 Å². The Kier molecular flexibility index (Phi) is 5.49. The number of nitrogens with one attached hydrogen (secondary N) is 1. The molecule has 15 heavy (non-hydrogen) atoms. The number of hydrogen-bond donors (Lipinski definition) is 2. The van der Waals surface area contributed by atoms with Gasteiger partial charge in [0.15, 0.2) is 6.23 Å². The van der Waals surface area contributed by atoms with E-state index in [0.29, 0.717) is 25.4 Å². The van der Waals surface area contributed by atoms with E-state index < -0.39 is 13.9 Å². The summed E-state index contributed by atoms with van der Waals surface area (Å²) in [4.78, 5) is 4.14. The molecule has 1 fully saturated rings. The summed E-state index contributed by atoms with van der Waals surface area (Å²) in [6.07, 6.45) is -0.187. The van der Waals surface area contributed by atoms with Gasteiger partial charge in [0, 0.05) is 25.4 Å². The van der Waals surface area contributed by atoms with Gasteiger partial charge in [0.2, 0.25) is 0 Å². The van der Waals surface area contributed by atoms with E-state index in [1.54, 1.807) is 4.67 Å². The van der Waals surface area contributed by atoms with Crippen LogP contribution in [0.5, 0.6) is 0 Å². The average Bonchev–Trinajstić information content (AvgIpc) is 2.25. The molecule has 1 aliphatic rings. The zero-order valence-electron chi connectivity index (χ0n) is 8.56. The fourth-order valence-corrected chi connectivity index (χ4v) is 3.73. The quantitative estimate of drug-likeness (QED) is 0.337. The molecule has 0 saturated carbocycles. The molecule has 90 valence electrons. The molecule has 0 aromatic carbocycles. The van der Waals surface area contributed by atoms with Crippen molar-refractivity contribution in [2.45, 2.75) is 19.6 Å². The van der Waals surface area contributed by atoms with E-state index in [2.05, 4.69) is 9.97 Å². The van der Waals surface area contributed by atoms with Crippen LogP contribution < -0.4 is 5.09 Å². The van der Waals surface area contributed by atoms with Crippen molar-refractivity contribution in [2.75, 3.05) is 25.6 Å². The molecule has 0 aromatic rings. The van der Waals surface area contributed by atoms with Gasteiger partial charge in [-0.15, -0.1) is 11.6 Å². The van der Waals surface area contributed by atoms with Gasteiger partial charge in [-0.1, -0.05) is 6.92 Å². The Morgan fingerprint density at radius 3 is 3.07 bits per heavy atom. The van der Waals surface area contributed by atoms with Crippen molar-refractivity contribution >= 4 is 19.3 Å². The first-order chi connectivity index (χ1) is 7.16.